The van der Waals surface area contributed by atoms with Gasteiger partial charge >= 0.3 is 5.97 Å². The minimum Gasteiger partial charge on any atom is -0.461 e. The number of fused-ring (bicyclic) bond motifs is 1. The molecule has 0 fully saturated rings. The van der Waals surface area contributed by atoms with E-state index in [1.165, 1.54) is 6.07 Å². The number of rotatable bonds is 4. The van der Waals surface area contributed by atoms with Crippen molar-refractivity contribution in [2.75, 3.05) is 6.61 Å². The maximum absolute atomic E-state index is 14.4. The van der Waals surface area contributed by atoms with Crippen LogP contribution in [0.4, 0.5) is 4.39 Å². The van der Waals surface area contributed by atoms with Crippen molar-refractivity contribution in [3.8, 4) is 11.1 Å². The summed E-state index contributed by atoms with van der Waals surface area (Å²) >= 11 is 3.42. The molecule has 3 rings (SSSR count). The molecule has 0 aliphatic carbocycles. The van der Waals surface area contributed by atoms with Gasteiger partial charge in [0.05, 0.1) is 12.1 Å². The molecule has 0 aliphatic rings. The summed E-state index contributed by atoms with van der Waals surface area (Å²) in [6.07, 6.45) is 0. The number of para-hydroxylation sites is 1. The molecule has 0 saturated carbocycles. The normalized spacial score (nSPS) is 10.8. The van der Waals surface area contributed by atoms with Crippen LogP contribution in [-0.2, 0) is 10.1 Å². The van der Waals surface area contributed by atoms with E-state index in [1.807, 2.05) is 18.2 Å². The van der Waals surface area contributed by atoms with Crippen LogP contribution in [0.5, 0.6) is 0 Å². The van der Waals surface area contributed by atoms with Crippen molar-refractivity contribution < 1.29 is 13.9 Å². The summed E-state index contributed by atoms with van der Waals surface area (Å²) < 4.78 is 19.6. The molecule has 0 amide bonds. The minimum atomic E-state index is -0.504. The first-order valence-electron chi connectivity index (χ1n) is 7.57. The molecule has 1 heterocycles. The zero-order valence-corrected chi connectivity index (χ0v) is 14.6. The highest BCUT2D eigenvalue weighted by Crippen LogP contribution is 2.36. The Kier molecular flexibility index (Phi) is 4.90. The number of aromatic nitrogens is 1. The Morgan fingerprint density at radius 3 is 2.58 bits per heavy atom. The molecule has 122 valence electrons. The quantitative estimate of drug-likeness (QED) is 0.461. The lowest BCUT2D eigenvalue weighted by Crippen LogP contribution is -2.12. The van der Waals surface area contributed by atoms with Crippen molar-refractivity contribution in [1.29, 1.82) is 0 Å². The van der Waals surface area contributed by atoms with Gasteiger partial charge in [-0.2, -0.15) is 0 Å². The number of hydrogen-bond acceptors (Lipinski definition) is 3. The topological polar surface area (TPSA) is 39.2 Å². The molecule has 0 saturated heterocycles. The molecule has 0 bridgehead atoms. The van der Waals surface area contributed by atoms with E-state index in [1.54, 1.807) is 31.2 Å². The van der Waals surface area contributed by atoms with Crippen molar-refractivity contribution in [1.82, 2.24) is 4.98 Å². The average Bonchev–Trinajstić information content (AvgIpc) is 2.61. The zero-order chi connectivity index (χ0) is 17.1. The molecule has 0 N–H and O–H groups in total. The van der Waals surface area contributed by atoms with E-state index >= 15 is 0 Å². The Hall–Kier alpha value is -2.27. The van der Waals surface area contributed by atoms with Gasteiger partial charge in [-0.15, -0.1) is 0 Å². The first-order chi connectivity index (χ1) is 11.7. The van der Waals surface area contributed by atoms with Crippen LogP contribution < -0.4 is 0 Å². The molecule has 24 heavy (non-hydrogen) atoms. The third-order valence-electron chi connectivity index (χ3n) is 3.74. The highest BCUT2D eigenvalue weighted by molar-refractivity contribution is 9.08. The lowest BCUT2D eigenvalue weighted by Gasteiger charge is -2.16. The van der Waals surface area contributed by atoms with Gasteiger partial charge in [-0.05, 0) is 19.1 Å². The number of esters is 1. The second-order valence-electron chi connectivity index (χ2n) is 5.17. The Morgan fingerprint density at radius 1 is 1.17 bits per heavy atom. The number of alkyl halides is 1. The Labute approximate surface area is 147 Å². The van der Waals surface area contributed by atoms with E-state index < -0.39 is 5.97 Å². The van der Waals surface area contributed by atoms with Crippen molar-refractivity contribution in [2.45, 2.75) is 12.3 Å². The number of hydrogen-bond donors (Lipinski definition) is 0. The number of carbonyl (C=O) groups is 1. The number of ether oxygens (including phenoxy) is 1. The molecule has 2 aromatic carbocycles. The monoisotopic (exact) mass is 387 g/mol. The van der Waals surface area contributed by atoms with Gasteiger partial charge in [-0.25, -0.2) is 14.2 Å². The van der Waals surface area contributed by atoms with Crippen LogP contribution in [0.15, 0.2) is 48.5 Å². The maximum Gasteiger partial charge on any atom is 0.357 e. The van der Waals surface area contributed by atoms with Crippen LogP contribution in [0.1, 0.15) is 23.0 Å². The van der Waals surface area contributed by atoms with Crippen molar-refractivity contribution in [3.63, 3.8) is 0 Å². The summed E-state index contributed by atoms with van der Waals surface area (Å²) in [4.78, 5) is 16.8. The van der Waals surface area contributed by atoms with E-state index in [9.17, 15) is 9.18 Å². The van der Waals surface area contributed by atoms with E-state index in [0.29, 0.717) is 27.5 Å². The van der Waals surface area contributed by atoms with Gasteiger partial charge in [0.25, 0.3) is 0 Å². The van der Waals surface area contributed by atoms with Crippen LogP contribution >= 0.6 is 15.9 Å². The van der Waals surface area contributed by atoms with Crippen molar-refractivity contribution >= 4 is 32.8 Å². The molecule has 3 nitrogen and oxygen atoms in total. The predicted octanol–water partition coefficient (Wildman–Crippen LogP) is 5.11. The molecule has 3 aromatic rings. The summed E-state index contributed by atoms with van der Waals surface area (Å²) in [6.45, 7) is 1.99. The van der Waals surface area contributed by atoms with Crippen LogP contribution in [0.25, 0.3) is 22.0 Å². The molecule has 0 unspecified atom stereocenters. The first-order valence-corrected chi connectivity index (χ1v) is 8.69. The second kappa shape index (κ2) is 7.09. The average molecular weight is 388 g/mol. The van der Waals surface area contributed by atoms with E-state index in [2.05, 4.69) is 20.9 Å². The largest absolute Gasteiger partial charge is 0.461 e. The minimum absolute atomic E-state index is 0.214. The van der Waals surface area contributed by atoms with Gasteiger partial charge in [0.15, 0.2) is 5.69 Å². The lowest BCUT2D eigenvalue weighted by molar-refractivity contribution is 0.0519. The standard InChI is InChI=1S/C19H15BrFNO2/c1-2-24-19(23)18-14(11-20)17(12-7-3-5-9-15(12)21)13-8-4-6-10-16(13)22-18/h3-10H,2,11H2,1H3. The molecule has 5 heteroatoms. The number of carbonyl (C=O) groups excluding carboxylic acids is 1. The van der Waals surface area contributed by atoms with Crippen LogP contribution in [0.2, 0.25) is 0 Å². The zero-order valence-electron chi connectivity index (χ0n) is 13.1. The van der Waals surface area contributed by atoms with E-state index in [-0.39, 0.29) is 18.1 Å². The van der Waals surface area contributed by atoms with Gasteiger partial charge in [0.2, 0.25) is 0 Å². The molecule has 0 radical (unpaired) electrons. The fourth-order valence-corrected chi connectivity index (χ4v) is 3.27. The van der Waals surface area contributed by atoms with E-state index in [4.69, 9.17) is 4.74 Å². The van der Waals surface area contributed by atoms with Gasteiger partial charge in [0, 0.05) is 27.4 Å². The molecule has 0 aliphatic heterocycles. The van der Waals surface area contributed by atoms with Crippen LogP contribution in [0.3, 0.4) is 0 Å². The highest BCUT2D eigenvalue weighted by Gasteiger charge is 2.22. The fourth-order valence-electron chi connectivity index (χ4n) is 2.72. The summed E-state index contributed by atoms with van der Waals surface area (Å²) in [6, 6.07) is 13.9. The molecular weight excluding hydrogens is 373 g/mol. The number of halogens is 2. The first kappa shape index (κ1) is 16.6. The lowest BCUT2D eigenvalue weighted by atomic mass is 9.94. The highest BCUT2D eigenvalue weighted by atomic mass is 79.9. The molecule has 0 spiro atoms. The number of pyridine rings is 1. The Balaban J connectivity index is 2.41. The smallest absolute Gasteiger partial charge is 0.357 e. The predicted molar refractivity (Wildman–Crippen MR) is 95.7 cm³/mol. The maximum atomic E-state index is 14.4. The third-order valence-corrected chi connectivity index (χ3v) is 4.30. The summed E-state index contributed by atoms with van der Waals surface area (Å²) in [5, 5.41) is 1.16. The van der Waals surface area contributed by atoms with Crippen molar-refractivity contribution in [2.24, 2.45) is 0 Å². The van der Waals surface area contributed by atoms with Crippen molar-refractivity contribution in [3.05, 3.63) is 65.6 Å². The van der Waals surface area contributed by atoms with Crippen LogP contribution in [-0.4, -0.2) is 17.6 Å². The van der Waals surface area contributed by atoms with Gasteiger partial charge < -0.3 is 4.74 Å². The SMILES string of the molecule is CCOC(=O)c1nc2ccccc2c(-c2ccccc2F)c1CBr. The summed E-state index contributed by atoms with van der Waals surface area (Å²) in [5.41, 5.74) is 2.57. The van der Waals surface area contributed by atoms with Gasteiger partial charge in [-0.3, -0.25) is 0 Å². The summed E-state index contributed by atoms with van der Waals surface area (Å²) in [5.74, 6) is -0.846. The molecule has 0 atom stereocenters. The Morgan fingerprint density at radius 2 is 1.88 bits per heavy atom. The number of benzene rings is 2. The van der Waals surface area contributed by atoms with Gasteiger partial charge in [-0.1, -0.05) is 52.3 Å². The van der Waals surface area contributed by atoms with Gasteiger partial charge in [0.1, 0.15) is 5.82 Å². The van der Waals surface area contributed by atoms with Crippen LogP contribution in [0, 0.1) is 5.82 Å². The number of nitrogens with zero attached hydrogens (tertiary/aromatic N) is 1. The second-order valence-corrected chi connectivity index (χ2v) is 5.73. The van der Waals surface area contributed by atoms with E-state index in [0.717, 1.165) is 5.39 Å². The molecular formula is C19H15BrFNO2. The Bertz CT molecular complexity index is 911. The fraction of sp³-hybridized carbons (Fsp3) is 0.158. The third kappa shape index (κ3) is 2.91. The molecule has 1 aromatic heterocycles. The summed E-state index contributed by atoms with van der Waals surface area (Å²) in [7, 11) is 0.